The number of nitrogens with zero attached hydrogens (tertiary/aromatic N) is 2. The molecule has 0 aliphatic carbocycles. The van der Waals surface area contributed by atoms with Gasteiger partial charge in [0.1, 0.15) is 0 Å². The molecule has 0 aliphatic rings. The molecular weight excluding hydrogens is 605 g/mol. The highest BCUT2D eigenvalue weighted by Gasteiger charge is 2.20. The van der Waals surface area contributed by atoms with Gasteiger partial charge in [0.15, 0.2) is 0 Å². The van der Waals surface area contributed by atoms with Crippen LogP contribution in [-0.4, -0.2) is 9.13 Å². The van der Waals surface area contributed by atoms with Gasteiger partial charge in [0.25, 0.3) is 0 Å². The molecule has 8 aromatic carbocycles. The maximum atomic E-state index is 2.43. The summed E-state index contributed by atoms with van der Waals surface area (Å²) < 4.78 is 4.87. The number of fused-ring (bicyclic) bond motifs is 6. The van der Waals surface area contributed by atoms with Crippen molar-refractivity contribution in [3.63, 3.8) is 0 Å². The van der Waals surface area contributed by atoms with Crippen molar-refractivity contribution in [3.8, 4) is 44.8 Å². The Bertz CT molecular complexity index is 2670. The van der Waals surface area contributed by atoms with Gasteiger partial charge in [-0.05, 0) is 76.9 Å². The quantitative estimate of drug-likeness (QED) is 0.178. The molecular formula is C48H32N2. The molecule has 0 unspecified atom stereocenters. The summed E-state index contributed by atoms with van der Waals surface area (Å²) in [5.74, 6) is 0. The molecule has 2 aromatic heterocycles. The van der Waals surface area contributed by atoms with Crippen LogP contribution in [0.3, 0.4) is 0 Å². The van der Waals surface area contributed by atoms with Crippen molar-refractivity contribution in [1.82, 2.24) is 9.13 Å². The van der Waals surface area contributed by atoms with Gasteiger partial charge in [-0.2, -0.15) is 0 Å². The van der Waals surface area contributed by atoms with E-state index in [-0.39, 0.29) is 0 Å². The van der Waals surface area contributed by atoms with E-state index < -0.39 is 0 Å². The van der Waals surface area contributed by atoms with Crippen LogP contribution in [0.4, 0.5) is 0 Å². The second-order valence-corrected chi connectivity index (χ2v) is 12.9. The predicted molar refractivity (Wildman–Crippen MR) is 211 cm³/mol. The number of aromatic nitrogens is 2. The fraction of sp³-hybridized carbons (Fsp3) is 0. The van der Waals surface area contributed by atoms with E-state index in [0.717, 1.165) is 11.4 Å². The number of hydrogen-bond donors (Lipinski definition) is 0. The van der Waals surface area contributed by atoms with Gasteiger partial charge >= 0.3 is 0 Å². The number of benzene rings is 8. The zero-order chi connectivity index (χ0) is 33.0. The third-order valence-corrected chi connectivity index (χ3v) is 10.1. The molecule has 10 aromatic rings. The highest BCUT2D eigenvalue weighted by atomic mass is 15.0. The zero-order valence-electron chi connectivity index (χ0n) is 27.4. The van der Waals surface area contributed by atoms with Crippen LogP contribution < -0.4 is 0 Å². The van der Waals surface area contributed by atoms with E-state index in [1.165, 1.54) is 77.0 Å². The minimum atomic E-state index is 1.16. The summed E-state index contributed by atoms with van der Waals surface area (Å²) in [4.78, 5) is 0. The van der Waals surface area contributed by atoms with Gasteiger partial charge in [0, 0.05) is 44.0 Å². The third kappa shape index (κ3) is 4.43. The number of rotatable bonds is 5. The summed E-state index contributed by atoms with van der Waals surface area (Å²) in [5, 5.41) is 5.01. The first-order chi connectivity index (χ1) is 24.8. The maximum Gasteiger partial charge on any atom is 0.0619 e. The average Bonchev–Trinajstić information content (AvgIpc) is 3.72. The Hall–Kier alpha value is -6.64. The SMILES string of the molecule is c1ccc(-c2cc(-c3cccc4c5ccccc5n(-c5ccccc5)c34)cc(-c3cccc4c5ccccc5n(-c5ccccc5)c34)c2)cc1. The van der Waals surface area contributed by atoms with Gasteiger partial charge in [0.2, 0.25) is 0 Å². The summed E-state index contributed by atoms with van der Waals surface area (Å²) in [7, 11) is 0. The molecule has 0 atom stereocenters. The molecule has 0 N–H and O–H groups in total. The summed E-state index contributed by atoms with van der Waals surface area (Å²) >= 11 is 0. The standard InChI is InChI=1S/C48H32N2/c1-4-16-33(17-5-1)34-30-35(39-24-14-26-43-41-22-10-12-28-45(41)49(47(39)43)37-18-6-2-7-19-37)32-36(31-34)40-25-15-27-44-42-23-11-13-29-46(42)50(48(40)44)38-20-8-3-9-21-38/h1-32H. The van der Waals surface area contributed by atoms with E-state index in [4.69, 9.17) is 0 Å². The lowest BCUT2D eigenvalue weighted by Crippen LogP contribution is -1.96. The van der Waals surface area contributed by atoms with Crippen molar-refractivity contribution in [2.75, 3.05) is 0 Å². The zero-order valence-corrected chi connectivity index (χ0v) is 27.4. The molecule has 10 rings (SSSR count). The smallest absolute Gasteiger partial charge is 0.0619 e. The Labute approximate surface area is 290 Å². The molecule has 2 heteroatoms. The monoisotopic (exact) mass is 636 g/mol. The van der Waals surface area contributed by atoms with Gasteiger partial charge in [-0.25, -0.2) is 0 Å². The largest absolute Gasteiger partial charge is 0.309 e. The lowest BCUT2D eigenvalue weighted by molar-refractivity contribution is 1.18. The molecule has 2 nitrogen and oxygen atoms in total. The summed E-state index contributed by atoms with van der Waals surface area (Å²) in [5.41, 5.74) is 14.3. The average molecular weight is 637 g/mol. The first-order valence-corrected chi connectivity index (χ1v) is 17.2. The first-order valence-electron chi connectivity index (χ1n) is 17.2. The van der Waals surface area contributed by atoms with E-state index >= 15 is 0 Å². The van der Waals surface area contributed by atoms with Crippen LogP contribution in [0.15, 0.2) is 194 Å². The Kier molecular flexibility index (Phi) is 6.53. The minimum Gasteiger partial charge on any atom is -0.309 e. The molecule has 0 aliphatic heterocycles. The van der Waals surface area contributed by atoms with Crippen molar-refractivity contribution < 1.29 is 0 Å². The highest BCUT2D eigenvalue weighted by Crippen LogP contribution is 2.43. The lowest BCUT2D eigenvalue weighted by atomic mass is 9.91. The van der Waals surface area contributed by atoms with E-state index in [2.05, 4.69) is 203 Å². The third-order valence-electron chi connectivity index (χ3n) is 10.1. The Morgan fingerprint density at radius 1 is 0.260 bits per heavy atom. The molecule has 0 saturated heterocycles. The van der Waals surface area contributed by atoms with Crippen LogP contribution in [0.2, 0.25) is 0 Å². The van der Waals surface area contributed by atoms with Crippen molar-refractivity contribution in [2.24, 2.45) is 0 Å². The summed E-state index contributed by atoms with van der Waals surface area (Å²) in [6.07, 6.45) is 0. The highest BCUT2D eigenvalue weighted by molar-refractivity contribution is 6.16. The summed E-state index contributed by atoms with van der Waals surface area (Å²) in [6.45, 7) is 0. The second-order valence-electron chi connectivity index (χ2n) is 12.9. The number of para-hydroxylation sites is 6. The molecule has 0 amide bonds. The van der Waals surface area contributed by atoms with E-state index in [1.807, 2.05) is 0 Å². The van der Waals surface area contributed by atoms with Crippen LogP contribution in [0.25, 0.3) is 88.4 Å². The second kappa shape index (κ2) is 11.5. The number of hydrogen-bond acceptors (Lipinski definition) is 0. The molecule has 0 radical (unpaired) electrons. The molecule has 0 bridgehead atoms. The fourth-order valence-electron chi connectivity index (χ4n) is 7.93. The van der Waals surface area contributed by atoms with Crippen LogP contribution >= 0.6 is 0 Å². The molecule has 0 fully saturated rings. The predicted octanol–water partition coefficient (Wildman–Crippen LogP) is 12.9. The molecule has 0 spiro atoms. The van der Waals surface area contributed by atoms with Crippen molar-refractivity contribution in [1.29, 1.82) is 0 Å². The van der Waals surface area contributed by atoms with Crippen molar-refractivity contribution in [2.45, 2.75) is 0 Å². The maximum absolute atomic E-state index is 2.43. The molecule has 50 heavy (non-hydrogen) atoms. The van der Waals surface area contributed by atoms with Gasteiger partial charge in [-0.1, -0.05) is 140 Å². The Morgan fingerprint density at radius 2 is 0.640 bits per heavy atom. The topological polar surface area (TPSA) is 9.86 Å². The Morgan fingerprint density at radius 3 is 1.12 bits per heavy atom. The van der Waals surface area contributed by atoms with Crippen molar-refractivity contribution in [3.05, 3.63) is 194 Å². The normalized spacial score (nSPS) is 11.6. The van der Waals surface area contributed by atoms with Crippen molar-refractivity contribution >= 4 is 43.6 Å². The van der Waals surface area contributed by atoms with Crippen LogP contribution in [0.1, 0.15) is 0 Å². The van der Waals surface area contributed by atoms with E-state index in [9.17, 15) is 0 Å². The van der Waals surface area contributed by atoms with Gasteiger partial charge in [0.05, 0.1) is 22.1 Å². The van der Waals surface area contributed by atoms with Gasteiger partial charge in [-0.15, -0.1) is 0 Å². The molecule has 2 heterocycles. The fourth-order valence-corrected chi connectivity index (χ4v) is 7.93. The van der Waals surface area contributed by atoms with Crippen LogP contribution in [-0.2, 0) is 0 Å². The van der Waals surface area contributed by atoms with Gasteiger partial charge in [-0.3, -0.25) is 0 Å². The Balaban J connectivity index is 1.31. The van der Waals surface area contributed by atoms with E-state index in [1.54, 1.807) is 0 Å². The molecule has 0 saturated carbocycles. The first kappa shape index (κ1) is 28.4. The van der Waals surface area contributed by atoms with Gasteiger partial charge < -0.3 is 9.13 Å². The summed E-state index contributed by atoms with van der Waals surface area (Å²) in [6, 6.07) is 70.5. The van der Waals surface area contributed by atoms with Crippen LogP contribution in [0, 0.1) is 0 Å². The molecule has 234 valence electrons. The van der Waals surface area contributed by atoms with Crippen LogP contribution in [0.5, 0.6) is 0 Å². The lowest BCUT2D eigenvalue weighted by Gasteiger charge is -2.16. The minimum absolute atomic E-state index is 1.16. The van der Waals surface area contributed by atoms with E-state index in [0.29, 0.717) is 0 Å².